The van der Waals surface area contributed by atoms with Gasteiger partial charge in [-0.2, -0.15) is 0 Å². The molecule has 1 amide bonds. The quantitative estimate of drug-likeness (QED) is 0.598. The normalized spacial score (nSPS) is 10.7. The number of fused-ring (bicyclic) bond motifs is 1. The predicted molar refractivity (Wildman–Crippen MR) is 98.1 cm³/mol. The second kappa shape index (κ2) is 6.57. The van der Waals surface area contributed by atoms with Crippen molar-refractivity contribution in [2.45, 2.75) is 6.42 Å². The average molecular weight is 328 g/mol. The number of imidazole rings is 1. The summed E-state index contributed by atoms with van der Waals surface area (Å²) in [6.45, 7) is 0. The van der Waals surface area contributed by atoms with Gasteiger partial charge in [0, 0.05) is 23.6 Å². The first-order valence-corrected chi connectivity index (χ1v) is 8.02. The van der Waals surface area contributed by atoms with Crippen LogP contribution in [0.4, 0.5) is 5.69 Å². The molecule has 0 aliphatic carbocycles. The molecule has 5 nitrogen and oxygen atoms in total. The zero-order chi connectivity index (χ0) is 17.1. The summed E-state index contributed by atoms with van der Waals surface area (Å²) in [6, 6.07) is 19.2. The van der Waals surface area contributed by atoms with Crippen molar-refractivity contribution in [2.75, 3.05) is 5.32 Å². The van der Waals surface area contributed by atoms with Gasteiger partial charge in [-0.25, -0.2) is 4.98 Å². The first-order valence-electron chi connectivity index (χ1n) is 8.02. The molecule has 0 radical (unpaired) electrons. The summed E-state index contributed by atoms with van der Waals surface area (Å²) in [5.74, 6) is 0.716. The Labute approximate surface area is 144 Å². The lowest BCUT2D eigenvalue weighted by molar-refractivity contribution is -0.115. The molecule has 0 fully saturated rings. The topological polar surface area (TPSA) is 70.7 Å². The number of aromatic amines is 1. The third kappa shape index (κ3) is 3.40. The maximum atomic E-state index is 12.2. The van der Waals surface area contributed by atoms with E-state index in [2.05, 4.69) is 20.3 Å². The van der Waals surface area contributed by atoms with Crippen LogP contribution in [0.25, 0.3) is 22.4 Å². The van der Waals surface area contributed by atoms with Gasteiger partial charge in [-0.05, 0) is 35.9 Å². The smallest absolute Gasteiger partial charge is 0.228 e. The van der Waals surface area contributed by atoms with Crippen LogP contribution in [0.15, 0.2) is 73.1 Å². The molecule has 4 aromatic rings. The molecule has 5 heteroatoms. The molecule has 2 aromatic heterocycles. The van der Waals surface area contributed by atoms with E-state index in [1.165, 1.54) is 0 Å². The van der Waals surface area contributed by atoms with E-state index < -0.39 is 0 Å². The predicted octanol–water partition coefficient (Wildman–Crippen LogP) is 3.81. The van der Waals surface area contributed by atoms with Crippen molar-refractivity contribution in [3.05, 3.63) is 78.6 Å². The highest BCUT2D eigenvalue weighted by molar-refractivity contribution is 5.94. The summed E-state index contributed by atoms with van der Waals surface area (Å²) in [6.07, 6.45) is 3.84. The van der Waals surface area contributed by atoms with E-state index in [-0.39, 0.29) is 5.91 Å². The number of H-pyrrole nitrogens is 1. The molecule has 0 bridgehead atoms. The third-order valence-electron chi connectivity index (χ3n) is 3.91. The number of anilines is 1. The highest BCUT2D eigenvalue weighted by atomic mass is 16.1. The van der Waals surface area contributed by atoms with Crippen LogP contribution in [-0.4, -0.2) is 20.9 Å². The van der Waals surface area contributed by atoms with E-state index in [9.17, 15) is 4.79 Å². The first kappa shape index (κ1) is 15.1. The fraction of sp³-hybridized carbons (Fsp3) is 0.0500. The molecule has 122 valence electrons. The maximum Gasteiger partial charge on any atom is 0.228 e. The highest BCUT2D eigenvalue weighted by Gasteiger charge is 2.08. The number of aromatic nitrogens is 3. The number of hydrogen-bond acceptors (Lipinski definition) is 3. The molecule has 0 spiro atoms. The van der Waals surface area contributed by atoms with Crippen LogP contribution < -0.4 is 5.32 Å². The van der Waals surface area contributed by atoms with E-state index in [4.69, 9.17) is 0 Å². The molecule has 2 heterocycles. The average Bonchev–Trinajstić information content (AvgIpc) is 3.06. The van der Waals surface area contributed by atoms with Crippen molar-refractivity contribution in [3.63, 3.8) is 0 Å². The van der Waals surface area contributed by atoms with Crippen LogP contribution in [0, 0.1) is 0 Å². The summed E-state index contributed by atoms with van der Waals surface area (Å²) >= 11 is 0. The third-order valence-corrected chi connectivity index (χ3v) is 3.91. The standard InChI is InChI=1S/C20H16N4O/c25-19(11-14-5-2-1-3-6-14)22-16-8-9-17-18(12-16)24-20(23-17)15-7-4-10-21-13-15/h1-10,12-13H,11H2,(H,22,25)(H,23,24). The van der Waals surface area contributed by atoms with Gasteiger partial charge >= 0.3 is 0 Å². The molecular weight excluding hydrogens is 312 g/mol. The molecule has 0 unspecified atom stereocenters. The van der Waals surface area contributed by atoms with Gasteiger partial charge in [-0.15, -0.1) is 0 Å². The minimum atomic E-state index is -0.0439. The fourth-order valence-corrected chi connectivity index (χ4v) is 2.71. The van der Waals surface area contributed by atoms with Crippen molar-refractivity contribution in [2.24, 2.45) is 0 Å². The van der Waals surface area contributed by atoms with Crippen LogP contribution in [-0.2, 0) is 11.2 Å². The van der Waals surface area contributed by atoms with Gasteiger partial charge in [0.25, 0.3) is 0 Å². The highest BCUT2D eigenvalue weighted by Crippen LogP contribution is 2.22. The van der Waals surface area contributed by atoms with Gasteiger partial charge in [0.05, 0.1) is 17.5 Å². The van der Waals surface area contributed by atoms with Gasteiger partial charge in [-0.1, -0.05) is 30.3 Å². The summed E-state index contributed by atoms with van der Waals surface area (Å²) < 4.78 is 0. The Morgan fingerprint density at radius 2 is 1.92 bits per heavy atom. The van der Waals surface area contributed by atoms with Crippen molar-refractivity contribution >= 4 is 22.6 Å². The van der Waals surface area contributed by atoms with Crippen LogP contribution in [0.5, 0.6) is 0 Å². The zero-order valence-corrected chi connectivity index (χ0v) is 13.4. The Morgan fingerprint density at radius 3 is 2.72 bits per heavy atom. The Kier molecular flexibility index (Phi) is 3.96. The van der Waals surface area contributed by atoms with Crippen molar-refractivity contribution < 1.29 is 4.79 Å². The molecule has 0 saturated carbocycles. The number of nitrogens with one attached hydrogen (secondary N) is 2. The van der Waals surface area contributed by atoms with Crippen LogP contribution >= 0.6 is 0 Å². The minimum absolute atomic E-state index is 0.0439. The molecule has 2 N–H and O–H groups in total. The number of pyridine rings is 1. The molecule has 4 rings (SSSR count). The minimum Gasteiger partial charge on any atom is -0.338 e. The summed E-state index contributed by atoms with van der Waals surface area (Å²) in [7, 11) is 0. The number of rotatable bonds is 4. The lowest BCUT2D eigenvalue weighted by Crippen LogP contribution is -2.14. The van der Waals surface area contributed by atoms with Crippen LogP contribution in [0.1, 0.15) is 5.56 Å². The molecular formula is C20H16N4O. The van der Waals surface area contributed by atoms with Crippen LogP contribution in [0.2, 0.25) is 0 Å². The Bertz CT molecular complexity index is 1010. The molecule has 0 saturated heterocycles. The van der Waals surface area contributed by atoms with E-state index in [1.54, 1.807) is 12.4 Å². The number of carbonyl (C=O) groups excluding carboxylic acids is 1. The number of benzene rings is 2. The monoisotopic (exact) mass is 328 g/mol. The molecule has 25 heavy (non-hydrogen) atoms. The van der Waals surface area contributed by atoms with E-state index in [0.29, 0.717) is 6.42 Å². The number of amides is 1. The number of carbonyl (C=O) groups is 1. The van der Waals surface area contributed by atoms with Gasteiger partial charge in [0.15, 0.2) is 0 Å². The van der Waals surface area contributed by atoms with Crippen molar-refractivity contribution in [3.8, 4) is 11.4 Å². The summed E-state index contributed by atoms with van der Waals surface area (Å²) in [5, 5.41) is 2.93. The van der Waals surface area contributed by atoms with Gasteiger partial charge in [0.2, 0.25) is 5.91 Å². The van der Waals surface area contributed by atoms with Gasteiger partial charge in [-0.3, -0.25) is 9.78 Å². The van der Waals surface area contributed by atoms with E-state index in [1.807, 2.05) is 60.7 Å². The van der Waals surface area contributed by atoms with Crippen LogP contribution in [0.3, 0.4) is 0 Å². The molecule has 2 aromatic carbocycles. The van der Waals surface area contributed by atoms with Gasteiger partial charge in [0.1, 0.15) is 5.82 Å². The number of hydrogen-bond donors (Lipinski definition) is 2. The van der Waals surface area contributed by atoms with Gasteiger partial charge < -0.3 is 10.3 Å². The van der Waals surface area contributed by atoms with E-state index in [0.717, 1.165) is 33.7 Å². The molecule has 0 aliphatic heterocycles. The summed E-state index contributed by atoms with van der Waals surface area (Å²) in [5.41, 5.74) is 4.38. The second-order valence-corrected chi connectivity index (χ2v) is 5.77. The van der Waals surface area contributed by atoms with Crippen molar-refractivity contribution in [1.82, 2.24) is 15.0 Å². The largest absolute Gasteiger partial charge is 0.338 e. The Hall–Kier alpha value is -3.47. The van der Waals surface area contributed by atoms with Crippen molar-refractivity contribution in [1.29, 1.82) is 0 Å². The Balaban J connectivity index is 1.54. The fourth-order valence-electron chi connectivity index (χ4n) is 2.71. The first-order chi connectivity index (χ1) is 12.3. The lowest BCUT2D eigenvalue weighted by Gasteiger charge is -2.05. The number of nitrogens with zero attached hydrogens (tertiary/aromatic N) is 2. The lowest BCUT2D eigenvalue weighted by atomic mass is 10.1. The Morgan fingerprint density at radius 1 is 1.04 bits per heavy atom. The SMILES string of the molecule is O=C(Cc1ccccc1)Nc1ccc2nc(-c3cccnc3)[nH]c2c1. The zero-order valence-electron chi connectivity index (χ0n) is 13.4. The van der Waals surface area contributed by atoms with E-state index >= 15 is 0 Å². The molecule has 0 atom stereocenters. The second-order valence-electron chi connectivity index (χ2n) is 5.77. The maximum absolute atomic E-state index is 12.2. The summed E-state index contributed by atoms with van der Waals surface area (Å²) in [4.78, 5) is 24.1. The molecule has 0 aliphatic rings.